The van der Waals surface area contributed by atoms with Crippen molar-refractivity contribution >= 4 is 17.5 Å². The summed E-state index contributed by atoms with van der Waals surface area (Å²) < 4.78 is 5.78. The number of nitrogens with one attached hydrogen (secondary N) is 2. The summed E-state index contributed by atoms with van der Waals surface area (Å²) in [6, 6.07) is 17.9. The molecule has 6 nitrogen and oxygen atoms in total. The first-order chi connectivity index (χ1) is 11.8. The van der Waals surface area contributed by atoms with Gasteiger partial charge in [0.25, 0.3) is 0 Å². The van der Waals surface area contributed by atoms with Crippen LogP contribution in [0.1, 0.15) is 12.8 Å². The Kier molecular flexibility index (Phi) is 3.93. The summed E-state index contributed by atoms with van der Waals surface area (Å²) in [7, 11) is 0. The molecule has 0 aliphatic heterocycles. The first-order valence-electron chi connectivity index (χ1n) is 7.91. The molecule has 6 heteroatoms. The minimum atomic E-state index is 0.497. The van der Waals surface area contributed by atoms with E-state index in [-0.39, 0.29) is 0 Å². The second-order valence-electron chi connectivity index (χ2n) is 5.65. The monoisotopic (exact) mass is 319 g/mol. The summed E-state index contributed by atoms with van der Waals surface area (Å²) in [4.78, 5) is 4.41. The third-order valence-electron chi connectivity index (χ3n) is 3.58. The number of rotatable bonds is 6. The predicted molar refractivity (Wildman–Crippen MR) is 92.7 cm³/mol. The first-order valence-corrected chi connectivity index (χ1v) is 7.91. The summed E-state index contributed by atoms with van der Waals surface area (Å²) >= 11 is 0. The van der Waals surface area contributed by atoms with Crippen LogP contribution in [0, 0.1) is 0 Å². The maximum atomic E-state index is 5.78. The lowest BCUT2D eigenvalue weighted by Crippen LogP contribution is -2.07. The zero-order chi connectivity index (χ0) is 16.2. The van der Waals surface area contributed by atoms with Gasteiger partial charge in [0, 0.05) is 11.7 Å². The van der Waals surface area contributed by atoms with Gasteiger partial charge in [-0.1, -0.05) is 18.2 Å². The van der Waals surface area contributed by atoms with E-state index in [0.717, 1.165) is 17.2 Å². The van der Waals surface area contributed by atoms with Gasteiger partial charge in [-0.2, -0.15) is 10.1 Å². The highest BCUT2D eigenvalue weighted by molar-refractivity contribution is 5.57. The van der Waals surface area contributed by atoms with Gasteiger partial charge in [-0.25, -0.2) is 0 Å². The molecular formula is C18H17N5O. The molecule has 0 saturated heterocycles. The van der Waals surface area contributed by atoms with Crippen molar-refractivity contribution in [1.82, 2.24) is 15.2 Å². The van der Waals surface area contributed by atoms with E-state index in [1.165, 1.54) is 12.8 Å². The summed E-state index contributed by atoms with van der Waals surface area (Å²) in [5.41, 5.74) is 0.910. The molecule has 0 radical (unpaired) electrons. The van der Waals surface area contributed by atoms with Crippen molar-refractivity contribution in [2.75, 3.05) is 10.6 Å². The molecule has 120 valence electrons. The molecule has 1 aromatic heterocycles. The molecule has 4 rings (SSSR count). The minimum Gasteiger partial charge on any atom is -0.457 e. The maximum Gasteiger partial charge on any atom is 0.244 e. The van der Waals surface area contributed by atoms with Crippen molar-refractivity contribution in [2.24, 2.45) is 0 Å². The van der Waals surface area contributed by atoms with Crippen molar-refractivity contribution in [2.45, 2.75) is 18.9 Å². The van der Waals surface area contributed by atoms with Crippen molar-refractivity contribution in [3.8, 4) is 11.5 Å². The fourth-order valence-corrected chi connectivity index (χ4v) is 2.21. The van der Waals surface area contributed by atoms with E-state index >= 15 is 0 Å². The van der Waals surface area contributed by atoms with Crippen LogP contribution in [0.25, 0.3) is 0 Å². The normalized spacial score (nSPS) is 13.3. The van der Waals surface area contributed by atoms with Gasteiger partial charge in [0.1, 0.15) is 11.5 Å². The van der Waals surface area contributed by atoms with Crippen LogP contribution in [0.15, 0.2) is 60.8 Å². The topological polar surface area (TPSA) is 72.0 Å². The number of ether oxygens (including phenoxy) is 1. The molecule has 1 aliphatic carbocycles. The molecule has 1 heterocycles. The fraction of sp³-hybridized carbons (Fsp3) is 0.167. The van der Waals surface area contributed by atoms with Gasteiger partial charge in [0.2, 0.25) is 5.95 Å². The zero-order valence-corrected chi connectivity index (χ0v) is 13.0. The van der Waals surface area contributed by atoms with Crippen LogP contribution in [0.2, 0.25) is 0 Å². The lowest BCUT2D eigenvalue weighted by molar-refractivity contribution is 0.483. The van der Waals surface area contributed by atoms with Crippen LogP contribution in [0.5, 0.6) is 11.5 Å². The number of hydrogen-bond acceptors (Lipinski definition) is 6. The van der Waals surface area contributed by atoms with Gasteiger partial charge in [0.15, 0.2) is 5.82 Å². The Morgan fingerprint density at radius 2 is 1.67 bits per heavy atom. The molecule has 0 spiro atoms. The van der Waals surface area contributed by atoms with Gasteiger partial charge in [-0.15, -0.1) is 5.10 Å². The van der Waals surface area contributed by atoms with Crippen molar-refractivity contribution in [3.63, 3.8) is 0 Å². The molecule has 0 unspecified atom stereocenters. The third-order valence-corrected chi connectivity index (χ3v) is 3.58. The Morgan fingerprint density at radius 3 is 2.42 bits per heavy atom. The highest BCUT2D eigenvalue weighted by Gasteiger charge is 2.22. The molecule has 3 aromatic rings. The fourth-order valence-electron chi connectivity index (χ4n) is 2.21. The lowest BCUT2D eigenvalue weighted by Gasteiger charge is -2.09. The molecule has 0 amide bonds. The number of aromatic nitrogens is 3. The second-order valence-corrected chi connectivity index (χ2v) is 5.65. The van der Waals surface area contributed by atoms with E-state index in [9.17, 15) is 0 Å². The van der Waals surface area contributed by atoms with Crippen LogP contribution in [0.3, 0.4) is 0 Å². The predicted octanol–water partition coefficient (Wildman–Crippen LogP) is 3.98. The van der Waals surface area contributed by atoms with E-state index in [2.05, 4.69) is 25.8 Å². The van der Waals surface area contributed by atoms with Crippen LogP contribution in [0.4, 0.5) is 17.5 Å². The Bertz CT molecular complexity index is 803. The van der Waals surface area contributed by atoms with E-state index in [0.29, 0.717) is 17.8 Å². The standard InChI is InChI=1S/C18H17N5O/c1-2-4-15(5-3-1)24-16-10-8-13(9-11-16)20-17-12-19-23-18(22-17)21-14-6-7-14/h1-5,8-12,14H,6-7H2,(H2,20,21,22,23). The maximum absolute atomic E-state index is 5.78. The lowest BCUT2D eigenvalue weighted by atomic mass is 10.3. The number of para-hydroxylation sites is 1. The molecular weight excluding hydrogens is 302 g/mol. The average Bonchev–Trinajstić information content (AvgIpc) is 3.42. The van der Waals surface area contributed by atoms with Crippen LogP contribution >= 0.6 is 0 Å². The number of nitrogens with zero attached hydrogens (tertiary/aromatic N) is 3. The first kappa shape index (κ1) is 14.4. The molecule has 0 bridgehead atoms. The summed E-state index contributed by atoms with van der Waals surface area (Å²) in [5, 5.41) is 14.4. The average molecular weight is 319 g/mol. The third kappa shape index (κ3) is 3.78. The van der Waals surface area contributed by atoms with E-state index in [1.54, 1.807) is 6.20 Å². The Balaban J connectivity index is 1.41. The van der Waals surface area contributed by atoms with Gasteiger partial charge < -0.3 is 15.4 Å². The molecule has 2 aromatic carbocycles. The quantitative estimate of drug-likeness (QED) is 0.716. The van der Waals surface area contributed by atoms with E-state index < -0.39 is 0 Å². The molecule has 1 fully saturated rings. The Labute approximate surface area is 139 Å². The van der Waals surface area contributed by atoms with Crippen molar-refractivity contribution in [3.05, 3.63) is 60.8 Å². The van der Waals surface area contributed by atoms with Gasteiger partial charge in [-0.3, -0.25) is 0 Å². The van der Waals surface area contributed by atoms with Gasteiger partial charge in [0.05, 0.1) is 6.20 Å². The van der Waals surface area contributed by atoms with Gasteiger partial charge in [-0.05, 0) is 49.2 Å². The van der Waals surface area contributed by atoms with Gasteiger partial charge >= 0.3 is 0 Å². The number of benzene rings is 2. The van der Waals surface area contributed by atoms with Crippen LogP contribution in [-0.4, -0.2) is 21.2 Å². The smallest absolute Gasteiger partial charge is 0.244 e. The van der Waals surface area contributed by atoms with Crippen molar-refractivity contribution < 1.29 is 4.74 Å². The van der Waals surface area contributed by atoms with Crippen molar-refractivity contribution in [1.29, 1.82) is 0 Å². The SMILES string of the molecule is c1ccc(Oc2ccc(Nc3cnnc(NC4CC4)n3)cc2)cc1. The number of hydrogen-bond donors (Lipinski definition) is 2. The zero-order valence-electron chi connectivity index (χ0n) is 13.0. The van der Waals surface area contributed by atoms with E-state index in [4.69, 9.17) is 4.74 Å². The summed E-state index contributed by atoms with van der Waals surface area (Å²) in [6.07, 6.45) is 3.94. The van der Waals surface area contributed by atoms with Crippen LogP contribution in [-0.2, 0) is 0 Å². The number of anilines is 3. The second kappa shape index (κ2) is 6.54. The largest absolute Gasteiger partial charge is 0.457 e. The molecule has 24 heavy (non-hydrogen) atoms. The molecule has 0 atom stereocenters. The highest BCUT2D eigenvalue weighted by Crippen LogP contribution is 2.25. The molecule has 2 N–H and O–H groups in total. The van der Waals surface area contributed by atoms with Crippen LogP contribution < -0.4 is 15.4 Å². The highest BCUT2D eigenvalue weighted by atomic mass is 16.5. The molecule has 1 aliphatic rings. The summed E-state index contributed by atoms with van der Waals surface area (Å²) in [6.45, 7) is 0. The summed E-state index contributed by atoms with van der Waals surface area (Å²) in [5.74, 6) is 2.81. The minimum absolute atomic E-state index is 0.497. The van der Waals surface area contributed by atoms with E-state index in [1.807, 2.05) is 54.6 Å². The Morgan fingerprint density at radius 1 is 0.917 bits per heavy atom. The molecule has 1 saturated carbocycles. The Hall–Kier alpha value is -3.15.